The molecule has 0 spiro atoms. The molecule has 4 aromatic carbocycles. The van der Waals surface area contributed by atoms with Gasteiger partial charge in [-0.15, -0.1) is 0 Å². The van der Waals surface area contributed by atoms with Gasteiger partial charge in [0.1, 0.15) is 6.04 Å². The van der Waals surface area contributed by atoms with E-state index in [0.29, 0.717) is 23.4 Å². The van der Waals surface area contributed by atoms with Crippen molar-refractivity contribution in [3.8, 4) is 0 Å². The summed E-state index contributed by atoms with van der Waals surface area (Å²) in [5.74, 6) is -0.439. The van der Waals surface area contributed by atoms with Crippen molar-refractivity contribution in [1.82, 2.24) is 10.2 Å². The zero-order valence-corrected chi connectivity index (χ0v) is 27.0. The van der Waals surface area contributed by atoms with Crippen molar-refractivity contribution < 1.29 is 18.0 Å². The number of halogens is 1. The first-order valence-electron chi connectivity index (χ1n) is 14.4. The Morgan fingerprint density at radius 3 is 2.23 bits per heavy atom. The van der Waals surface area contributed by atoms with Crippen LogP contribution in [0.3, 0.4) is 0 Å². The predicted molar refractivity (Wildman–Crippen MR) is 174 cm³/mol. The van der Waals surface area contributed by atoms with E-state index in [0.717, 1.165) is 26.4 Å². The maximum absolute atomic E-state index is 14.0. The summed E-state index contributed by atoms with van der Waals surface area (Å²) in [5, 5.41) is 4.66. The van der Waals surface area contributed by atoms with Crippen LogP contribution in [0.4, 0.5) is 5.69 Å². The molecule has 0 bridgehead atoms. The van der Waals surface area contributed by atoms with Gasteiger partial charge in [0.25, 0.3) is 10.0 Å². The van der Waals surface area contributed by atoms with Crippen LogP contribution in [0.25, 0.3) is 10.8 Å². The van der Waals surface area contributed by atoms with Crippen LogP contribution in [-0.2, 0) is 32.6 Å². The molecule has 1 atom stereocenters. The maximum Gasteiger partial charge on any atom is 0.265 e. The summed E-state index contributed by atoms with van der Waals surface area (Å²) in [4.78, 5) is 29.7. The SMILES string of the molecule is CC(C)(C)NC(=O)[C@H](Cc1ccccc1)N(Cc1ccc(Br)cc1)C(=O)CCCN1c2cccc3cccc(c23)S1(=O)=O. The summed E-state index contributed by atoms with van der Waals surface area (Å²) in [6.07, 6.45) is 0.740. The number of hydrogen-bond donors (Lipinski definition) is 1. The lowest BCUT2D eigenvalue weighted by molar-refractivity contribution is -0.142. The van der Waals surface area contributed by atoms with Crippen LogP contribution in [-0.4, -0.2) is 43.3 Å². The van der Waals surface area contributed by atoms with E-state index in [1.165, 1.54) is 4.31 Å². The molecule has 0 unspecified atom stereocenters. The molecule has 224 valence electrons. The molecule has 4 aromatic rings. The van der Waals surface area contributed by atoms with Crippen LogP contribution in [0, 0.1) is 0 Å². The summed E-state index contributed by atoms with van der Waals surface area (Å²) in [6, 6.07) is 27.5. The molecule has 1 aliphatic heterocycles. The highest BCUT2D eigenvalue weighted by atomic mass is 79.9. The Morgan fingerprint density at radius 1 is 0.884 bits per heavy atom. The van der Waals surface area contributed by atoms with Gasteiger partial charge in [0.05, 0.1) is 10.6 Å². The van der Waals surface area contributed by atoms with Crippen LogP contribution in [0.2, 0.25) is 0 Å². The van der Waals surface area contributed by atoms with E-state index >= 15 is 0 Å². The number of nitrogens with zero attached hydrogens (tertiary/aromatic N) is 2. The van der Waals surface area contributed by atoms with Gasteiger partial charge in [-0.3, -0.25) is 13.9 Å². The van der Waals surface area contributed by atoms with Gasteiger partial charge in [0, 0.05) is 41.3 Å². The van der Waals surface area contributed by atoms with E-state index in [4.69, 9.17) is 0 Å². The van der Waals surface area contributed by atoms with Crippen LogP contribution >= 0.6 is 15.9 Å². The first-order chi connectivity index (χ1) is 20.4. The molecular formula is C34H36BrN3O4S. The van der Waals surface area contributed by atoms with Crippen LogP contribution in [0.1, 0.15) is 44.7 Å². The Kier molecular flexibility index (Phi) is 8.94. The summed E-state index contributed by atoms with van der Waals surface area (Å²) in [5.41, 5.74) is 1.98. The molecule has 7 nitrogen and oxygen atoms in total. The molecule has 0 saturated carbocycles. The molecule has 0 aromatic heterocycles. The third-order valence-corrected chi connectivity index (χ3v) is 9.85. The minimum absolute atomic E-state index is 0.0863. The summed E-state index contributed by atoms with van der Waals surface area (Å²) >= 11 is 3.47. The lowest BCUT2D eigenvalue weighted by Crippen LogP contribution is -2.54. The molecule has 5 rings (SSSR count). The van der Waals surface area contributed by atoms with Crippen molar-refractivity contribution in [2.45, 2.75) is 63.1 Å². The van der Waals surface area contributed by atoms with Crippen molar-refractivity contribution in [1.29, 1.82) is 0 Å². The number of carbonyl (C=O) groups is 2. The standard InChI is InChI=1S/C34H36BrN3O4S/c1-34(2,3)36-33(40)29(22-24-10-5-4-6-11-24)37(23-25-17-19-27(35)20-18-25)31(39)16-9-21-38-28-14-7-12-26-13-8-15-30(32(26)28)43(38,41)42/h4-8,10-15,17-20,29H,9,16,21-23H2,1-3H3,(H,36,40)/t29-/m0/s1. The van der Waals surface area contributed by atoms with Gasteiger partial charge in [-0.05, 0) is 68.0 Å². The molecule has 9 heteroatoms. The average Bonchev–Trinajstić information content (AvgIpc) is 3.18. The lowest BCUT2D eigenvalue weighted by atomic mass is 10.00. The third-order valence-electron chi connectivity index (χ3n) is 7.47. The first-order valence-corrected chi connectivity index (χ1v) is 16.6. The summed E-state index contributed by atoms with van der Waals surface area (Å²) in [6.45, 7) is 6.15. The smallest absolute Gasteiger partial charge is 0.265 e. The molecule has 0 fully saturated rings. The first kappa shape index (κ1) is 30.8. The fourth-order valence-corrected chi connectivity index (χ4v) is 7.52. The predicted octanol–water partition coefficient (Wildman–Crippen LogP) is 6.45. The molecule has 1 aliphatic rings. The Balaban J connectivity index is 1.40. The number of rotatable bonds is 10. The quantitative estimate of drug-likeness (QED) is 0.212. The van der Waals surface area contributed by atoms with E-state index in [-0.39, 0.29) is 31.3 Å². The number of benzene rings is 4. The molecule has 0 radical (unpaired) electrons. The second-order valence-electron chi connectivity index (χ2n) is 11.9. The average molecular weight is 663 g/mol. The summed E-state index contributed by atoms with van der Waals surface area (Å²) in [7, 11) is -3.72. The van der Waals surface area contributed by atoms with Gasteiger partial charge in [0.15, 0.2) is 0 Å². The van der Waals surface area contributed by atoms with Gasteiger partial charge < -0.3 is 10.2 Å². The topological polar surface area (TPSA) is 86.8 Å². The molecule has 0 saturated heterocycles. The van der Waals surface area contributed by atoms with Gasteiger partial charge in [-0.25, -0.2) is 8.42 Å². The van der Waals surface area contributed by atoms with Crippen LogP contribution < -0.4 is 9.62 Å². The highest BCUT2D eigenvalue weighted by Gasteiger charge is 2.36. The largest absolute Gasteiger partial charge is 0.350 e. The van der Waals surface area contributed by atoms with Crippen molar-refractivity contribution in [3.05, 3.63) is 107 Å². The van der Waals surface area contributed by atoms with Gasteiger partial charge in [-0.2, -0.15) is 0 Å². The van der Waals surface area contributed by atoms with Crippen LogP contribution in [0.15, 0.2) is 100 Å². The van der Waals surface area contributed by atoms with Crippen molar-refractivity contribution >= 4 is 54.2 Å². The normalized spacial score (nSPS) is 14.5. The number of carbonyl (C=O) groups excluding carboxylic acids is 2. The van der Waals surface area contributed by atoms with E-state index in [1.807, 2.05) is 99.6 Å². The Hall–Kier alpha value is -3.69. The van der Waals surface area contributed by atoms with E-state index < -0.39 is 21.6 Å². The number of nitrogens with one attached hydrogen (secondary N) is 1. The second-order valence-corrected chi connectivity index (χ2v) is 14.7. The van der Waals surface area contributed by atoms with Crippen LogP contribution in [0.5, 0.6) is 0 Å². The highest BCUT2D eigenvalue weighted by molar-refractivity contribution is 9.10. The lowest BCUT2D eigenvalue weighted by Gasteiger charge is -2.34. The Labute approximate surface area is 262 Å². The third kappa shape index (κ3) is 6.94. The Bertz CT molecular complexity index is 1730. The zero-order valence-electron chi connectivity index (χ0n) is 24.6. The van der Waals surface area contributed by atoms with E-state index in [2.05, 4.69) is 21.2 Å². The summed E-state index contributed by atoms with van der Waals surface area (Å²) < 4.78 is 29.2. The van der Waals surface area contributed by atoms with Crippen molar-refractivity contribution in [2.24, 2.45) is 0 Å². The second kappa shape index (κ2) is 12.5. The van der Waals surface area contributed by atoms with Gasteiger partial charge in [0.2, 0.25) is 11.8 Å². The molecule has 1 heterocycles. The minimum Gasteiger partial charge on any atom is -0.350 e. The fourth-order valence-electron chi connectivity index (χ4n) is 5.51. The monoisotopic (exact) mass is 661 g/mol. The van der Waals surface area contributed by atoms with Gasteiger partial charge in [-0.1, -0.05) is 82.7 Å². The molecule has 0 aliphatic carbocycles. The number of sulfonamides is 1. The highest BCUT2D eigenvalue weighted by Crippen LogP contribution is 2.42. The minimum atomic E-state index is -3.72. The molecular weight excluding hydrogens is 626 g/mol. The maximum atomic E-state index is 14.0. The van der Waals surface area contributed by atoms with E-state index in [1.54, 1.807) is 17.0 Å². The van der Waals surface area contributed by atoms with Crippen molar-refractivity contribution in [3.63, 3.8) is 0 Å². The molecule has 43 heavy (non-hydrogen) atoms. The molecule has 1 N–H and O–H groups in total. The zero-order chi connectivity index (χ0) is 30.8. The van der Waals surface area contributed by atoms with Crippen molar-refractivity contribution in [2.75, 3.05) is 10.8 Å². The Morgan fingerprint density at radius 2 is 1.56 bits per heavy atom. The van der Waals surface area contributed by atoms with Gasteiger partial charge >= 0.3 is 0 Å². The van der Waals surface area contributed by atoms with E-state index in [9.17, 15) is 18.0 Å². The number of anilines is 1. The number of amides is 2. The molecule has 2 amide bonds. The fraction of sp³-hybridized carbons (Fsp3) is 0.294. The number of hydrogen-bond acceptors (Lipinski definition) is 4.